The number of allylic oxidation sites excluding steroid dienone is 3. The highest BCUT2D eigenvalue weighted by atomic mass is 35.5. The number of rotatable bonds is 5. The van der Waals surface area contributed by atoms with Crippen LogP contribution in [0.25, 0.3) is 0 Å². The third kappa shape index (κ3) is 3.73. The molecule has 1 aliphatic rings. The Bertz CT molecular complexity index is 209. The highest BCUT2D eigenvalue weighted by Crippen LogP contribution is 2.17. The number of methoxy groups -OCH3 is 1. The molecule has 0 saturated heterocycles. The minimum Gasteiger partial charge on any atom is -0.501 e. The minimum atomic E-state index is 0.639. The quantitative estimate of drug-likeness (QED) is 0.503. The van der Waals surface area contributed by atoms with Crippen molar-refractivity contribution in [3.8, 4) is 0 Å². The Morgan fingerprint density at radius 3 is 3.00 bits per heavy atom. The molecule has 0 amide bonds. The van der Waals surface area contributed by atoms with Gasteiger partial charge in [0, 0.05) is 18.4 Å². The van der Waals surface area contributed by atoms with E-state index in [-0.39, 0.29) is 0 Å². The molecule has 13 heavy (non-hydrogen) atoms. The van der Waals surface area contributed by atoms with E-state index < -0.39 is 0 Å². The Hall–Kier alpha value is -0.630. The van der Waals surface area contributed by atoms with Gasteiger partial charge in [0.05, 0.1) is 13.7 Å². The molecule has 0 spiro atoms. The molecule has 0 aromatic carbocycles. The molecular formula is C10H14ClO2. The van der Waals surface area contributed by atoms with E-state index in [1.165, 1.54) is 0 Å². The van der Waals surface area contributed by atoms with Crippen molar-refractivity contribution in [1.82, 2.24) is 0 Å². The van der Waals surface area contributed by atoms with E-state index in [4.69, 9.17) is 21.1 Å². The van der Waals surface area contributed by atoms with Crippen LogP contribution in [-0.4, -0.2) is 19.6 Å². The predicted molar refractivity (Wildman–Crippen MR) is 53.4 cm³/mol. The van der Waals surface area contributed by atoms with Crippen LogP contribution < -0.4 is 0 Å². The summed E-state index contributed by atoms with van der Waals surface area (Å²) in [5.41, 5.74) is 0. The van der Waals surface area contributed by atoms with Gasteiger partial charge in [0.1, 0.15) is 11.5 Å². The van der Waals surface area contributed by atoms with Gasteiger partial charge in [-0.2, -0.15) is 0 Å². The van der Waals surface area contributed by atoms with Crippen molar-refractivity contribution in [1.29, 1.82) is 0 Å². The van der Waals surface area contributed by atoms with Crippen LogP contribution in [0.1, 0.15) is 12.8 Å². The third-order valence-corrected chi connectivity index (χ3v) is 1.97. The molecule has 0 heterocycles. The van der Waals surface area contributed by atoms with E-state index >= 15 is 0 Å². The van der Waals surface area contributed by atoms with E-state index in [0.29, 0.717) is 12.5 Å². The maximum absolute atomic E-state index is 5.53. The molecule has 73 valence electrons. The number of hydrogen-bond acceptors (Lipinski definition) is 2. The lowest BCUT2D eigenvalue weighted by Crippen LogP contribution is -2.00. The van der Waals surface area contributed by atoms with Gasteiger partial charge in [0.2, 0.25) is 0 Å². The van der Waals surface area contributed by atoms with Crippen LogP contribution in [0.5, 0.6) is 0 Å². The average molecular weight is 202 g/mol. The molecule has 1 rings (SSSR count). The fourth-order valence-corrected chi connectivity index (χ4v) is 1.15. The first-order valence-electron chi connectivity index (χ1n) is 4.34. The molecule has 1 radical (unpaired) electrons. The highest BCUT2D eigenvalue weighted by Gasteiger charge is 2.05. The topological polar surface area (TPSA) is 18.5 Å². The van der Waals surface area contributed by atoms with E-state index in [1.807, 2.05) is 18.6 Å². The fraction of sp³-hybridized carbons (Fsp3) is 0.500. The molecule has 0 bridgehead atoms. The maximum Gasteiger partial charge on any atom is 0.118 e. The summed E-state index contributed by atoms with van der Waals surface area (Å²) < 4.78 is 10.5. The first-order chi connectivity index (χ1) is 6.36. The van der Waals surface area contributed by atoms with Crippen molar-refractivity contribution in [2.24, 2.45) is 0 Å². The molecule has 0 aliphatic heterocycles. The molecule has 3 heteroatoms. The van der Waals surface area contributed by atoms with Gasteiger partial charge in [0.25, 0.3) is 0 Å². The summed E-state index contributed by atoms with van der Waals surface area (Å²) in [6.45, 7) is 0.669. The Morgan fingerprint density at radius 2 is 2.31 bits per heavy atom. The van der Waals surface area contributed by atoms with Crippen LogP contribution in [0.15, 0.2) is 23.7 Å². The SMILES string of the molecule is COC1=CC(OCCCCl)=CC[CH]1. The summed E-state index contributed by atoms with van der Waals surface area (Å²) in [5, 5.41) is 0. The van der Waals surface area contributed by atoms with Crippen molar-refractivity contribution in [2.45, 2.75) is 12.8 Å². The molecule has 0 aromatic heterocycles. The van der Waals surface area contributed by atoms with Crippen molar-refractivity contribution in [2.75, 3.05) is 19.6 Å². The van der Waals surface area contributed by atoms with Crippen LogP contribution in [0.2, 0.25) is 0 Å². The van der Waals surface area contributed by atoms with E-state index in [9.17, 15) is 0 Å². The van der Waals surface area contributed by atoms with Crippen molar-refractivity contribution < 1.29 is 9.47 Å². The van der Waals surface area contributed by atoms with E-state index in [1.54, 1.807) is 7.11 Å². The normalized spacial score (nSPS) is 16.2. The van der Waals surface area contributed by atoms with Crippen molar-refractivity contribution >= 4 is 11.6 Å². The Kier molecular flexibility index (Phi) is 4.76. The highest BCUT2D eigenvalue weighted by molar-refractivity contribution is 6.17. The molecule has 2 nitrogen and oxygen atoms in total. The molecule has 0 unspecified atom stereocenters. The number of halogens is 1. The lowest BCUT2D eigenvalue weighted by molar-refractivity contribution is 0.217. The average Bonchev–Trinajstić information content (AvgIpc) is 2.19. The van der Waals surface area contributed by atoms with Crippen LogP contribution in [-0.2, 0) is 9.47 Å². The first-order valence-corrected chi connectivity index (χ1v) is 4.88. The monoisotopic (exact) mass is 201 g/mol. The Balaban J connectivity index is 2.33. The number of alkyl halides is 1. The predicted octanol–water partition coefficient (Wildman–Crippen LogP) is 2.65. The fourth-order valence-electron chi connectivity index (χ4n) is 1.04. The molecule has 0 N–H and O–H groups in total. The summed E-state index contributed by atoms with van der Waals surface area (Å²) in [5.74, 6) is 2.38. The molecule has 0 fully saturated rings. The van der Waals surface area contributed by atoms with Crippen molar-refractivity contribution in [3.63, 3.8) is 0 Å². The molecule has 1 aliphatic carbocycles. The summed E-state index contributed by atoms with van der Waals surface area (Å²) >= 11 is 5.53. The zero-order chi connectivity index (χ0) is 9.52. The van der Waals surface area contributed by atoms with Crippen LogP contribution in [0.3, 0.4) is 0 Å². The van der Waals surface area contributed by atoms with E-state index in [0.717, 1.165) is 24.4 Å². The minimum absolute atomic E-state index is 0.639. The van der Waals surface area contributed by atoms with Crippen LogP contribution >= 0.6 is 11.6 Å². The van der Waals surface area contributed by atoms with E-state index in [2.05, 4.69) is 0 Å². The second-order valence-corrected chi connectivity index (χ2v) is 3.07. The summed E-state index contributed by atoms with van der Waals surface area (Å²) in [4.78, 5) is 0. The Morgan fingerprint density at radius 1 is 1.46 bits per heavy atom. The van der Waals surface area contributed by atoms with Gasteiger partial charge >= 0.3 is 0 Å². The summed E-state index contributed by atoms with van der Waals surface area (Å²) in [6, 6.07) is 0. The lowest BCUT2D eigenvalue weighted by Gasteiger charge is -2.13. The molecule has 0 saturated carbocycles. The second-order valence-electron chi connectivity index (χ2n) is 2.69. The van der Waals surface area contributed by atoms with Gasteiger partial charge in [-0.3, -0.25) is 0 Å². The van der Waals surface area contributed by atoms with Gasteiger partial charge in [-0.05, 0) is 18.9 Å². The van der Waals surface area contributed by atoms with Crippen molar-refractivity contribution in [3.05, 3.63) is 30.1 Å². The van der Waals surface area contributed by atoms with Gasteiger partial charge < -0.3 is 9.47 Å². The molecular weight excluding hydrogens is 188 g/mol. The smallest absolute Gasteiger partial charge is 0.118 e. The van der Waals surface area contributed by atoms with Gasteiger partial charge in [-0.15, -0.1) is 11.6 Å². The third-order valence-electron chi connectivity index (χ3n) is 1.70. The molecule has 0 atom stereocenters. The first kappa shape index (κ1) is 10.5. The van der Waals surface area contributed by atoms with Gasteiger partial charge in [-0.1, -0.05) is 0 Å². The number of hydrogen-bond donors (Lipinski definition) is 0. The number of ether oxygens (including phenoxy) is 2. The summed E-state index contributed by atoms with van der Waals surface area (Å²) in [6.07, 6.45) is 7.66. The Labute approximate surface area is 84.2 Å². The summed E-state index contributed by atoms with van der Waals surface area (Å²) in [7, 11) is 1.66. The largest absolute Gasteiger partial charge is 0.501 e. The maximum atomic E-state index is 5.53. The zero-order valence-corrected chi connectivity index (χ0v) is 8.51. The lowest BCUT2D eigenvalue weighted by atomic mass is 10.1. The van der Waals surface area contributed by atoms with Gasteiger partial charge in [-0.25, -0.2) is 0 Å². The zero-order valence-electron chi connectivity index (χ0n) is 7.75. The second kappa shape index (κ2) is 5.92. The molecule has 0 aromatic rings. The van der Waals surface area contributed by atoms with Crippen LogP contribution in [0.4, 0.5) is 0 Å². The van der Waals surface area contributed by atoms with Crippen LogP contribution in [0, 0.1) is 6.42 Å². The standard InChI is InChI=1S/C10H14ClO2/c1-12-9-4-2-5-10(8-9)13-7-3-6-11/h4-5,8H,2-3,6-7H2,1H3. The van der Waals surface area contributed by atoms with Gasteiger partial charge in [0.15, 0.2) is 0 Å².